The standard InChI is InChI=1S/C29H28O7S2/c1-20-5-14-25(15-6-20)37(30,31)26-16-12-24(13-17-26)36-23-10-7-21(8-11-23)29(2,3)22-9-18-27(35-4)28(19-22)38(32,33)34/h5-19H,1-4H3,(H,32,33,34). The fourth-order valence-corrected chi connectivity index (χ4v) is 5.99. The minimum absolute atomic E-state index is 0.0634. The second-order valence-electron chi connectivity index (χ2n) is 9.38. The molecule has 198 valence electrons. The van der Waals surface area contributed by atoms with E-state index in [9.17, 15) is 21.4 Å². The molecule has 0 unspecified atom stereocenters. The molecule has 0 heterocycles. The van der Waals surface area contributed by atoms with E-state index in [0.29, 0.717) is 17.1 Å². The Morgan fingerprint density at radius 3 is 1.66 bits per heavy atom. The van der Waals surface area contributed by atoms with E-state index in [1.165, 1.54) is 31.4 Å². The lowest BCUT2D eigenvalue weighted by molar-refractivity contribution is 0.396. The molecule has 0 bridgehead atoms. The average Bonchev–Trinajstić information content (AvgIpc) is 2.88. The van der Waals surface area contributed by atoms with E-state index in [1.807, 2.05) is 32.9 Å². The number of ether oxygens (including phenoxy) is 2. The molecule has 0 radical (unpaired) electrons. The van der Waals surface area contributed by atoms with E-state index < -0.39 is 25.4 Å². The van der Waals surface area contributed by atoms with E-state index >= 15 is 0 Å². The Kier molecular flexibility index (Phi) is 7.38. The fourth-order valence-electron chi connectivity index (χ4n) is 4.05. The third kappa shape index (κ3) is 5.60. The van der Waals surface area contributed by atoms with E-state index in [0.717, 1.165) is 11.1 Å². The van der Waals surface area contributed by atoms with Crippen molar-refractivity contribution in [2.45, 2.75) is 40.9 Å². The van der Waals surface area contributed by atoms with Gasteiger partial charge in [0.25, 0.3) is 10.1 Å². The molecular weight excluding hydrogens is 524 g/mol. The van der Waals surface area contributed by atoms with E-state index in [2.05, 4.69) is 0 Å². The molecule has 4 aromatic carbocycles. The van der Waals surface area contributed by atoms with Crippen LogP contribution in [0.3, 0.4) is 0 Å². The van der Waals surface area contributed by atoms with Crippen molar-refractivity contribution in [2.24, 2.45) is 0 Å². The minimum Gasteiger partial charge on any atom is -0.495 e. The Balaban J connectivity index is 1.53. The lowest BCUT2D eigenvalue weighted by Crippen LogP contribution is -2.19. The van der Waals surface area contributed by atoms with Crippen LogP contribution in [0.1, 0.15) is 30.5 Å². The Hall–Kier alpha value is -3.66. The van der Waals surface area contributed by atoms with Gasteiger partial charge in [0.15, 0.2) is 0 Å². The van der Waals surface area contributed by atoms with Crippen molar-refractivity contribution in [3.05, 3.63) is 108 Å². The second-order valence-corrected chi connectivity index (χ2v) is 12.7. The fraction of sp³-hybridized carbons (Fsp3) is 0.172. The number of sulfone groups is 1. The Morgan fingerprint density at radius 2 is 1.16 bits per heavy atom. The molecule has 0 saturated heterocycles. The van der Waals surface area contributed by atoms with Gasteiger partial charge in [-0.25, -0.2) is 8.42 Å². The van der Waals surface area contributed by atoms with E-state index in [-0.39, 0.29) is 20.4 Å². The predicted octanol–water partition coefficient (Wildman–Crippen LogP) is 6.20. The van der Waals surface area contributed by atoms with Gasteiger partial charge in [0.05, 0.1) is 16.9 Å². The molecule has 0 aromatic heterocycles. The highest BCUT2D eigenvalue weighted by Crippen LogP contribution is 2.36. The Labute approximate surface area is 223 Å². The Bertz CT molecular complexity index is 1650. The van der Waals surface area contributed by atoms with Gasteiger partial charge in [-0.1, -0.05) is 49.7 Å². The van der Waals surface area contributed by atoms with Crippen molar-refractivity contribution in [3.8, 4) is 17.2 Å². The average molecular weight is 553 g/mol. The molecule has 0 amide bonds. The summed E-state index contributed by atoms with van der Waals surface area (Å²) < 4.78 is 70.0. The molecule has 9 heteroatoms. The van der Waals surface area contributed by atoms with Crippen LogP contribution in [-0.2, 0) is 25.4 Å². The molecule has 4 aromatic rings. The molecule has 1 N–H and O–H groups in total. The minimum atomic E-state index is -4.46. The van der Waals surface area contributed by atoms with Gasteiger partial charge in [0.2, 0.25) is 9.84 Å². The molecule has 0 aliphatic heterocycles. The van der Waals surface area contributed by atoms with Gasteiger partial charge in [-0.2, -0.15) is 8.42 Å². The summed E-state index contributed by atoms with van der Waals surface area (Å²) in [6.07, 6.45) is 0. The number of benzene rings is 4. The summed E-state index contributed by atoms with van der Waals surface area (Å²) in [6, 6.07) is 24.9. The number of methoxy groups -OCH3 is 1. The van der Waals surface area contributed by atoms with Crippen molar-refractivity contribution < 1.29 is 30.9 Å². The SMILES string of the molecule is COc1ccc(C(C)(C)c2ccc(Oc3ccc(S(=O)(=O)c4ccc(C)cc4)cc3)cc2)cc1S(=O)(=O)O. The van der Waals surface area contributed by atoms with Crippen LogP contribution in [0.4, 0.5) is 0 Å². The van der Waals surface area contributed by atoms with Gasteiger partial charge in [-0.05, 0) is 78.7 Å². The molecule has 0 atom stereocenters. The highest BCUT2D eigenvalue weighted by atomic mass is 32.2. The van der Waals surface area contributed by atoms with Crippen LogP contribution in [0.25, 0.3) is 0 Å². The molecule has 38 heavy (non-hydrogen) atoms. The summed E-state index contributed by atoms with van der Waals surface area (Å²) >= 11 is 0. The highest BCUT2D eigenvalue weighted by Gasteiger charge is 2.27. The number of hydrogen-bond acceptors (Lipinski definition) is 6. The van der Waals surface area contributed by atoms with Gasteiger partial charge in [-0.3, -0.25) is 4.55 Å². The first kappa shape index (κ1) is 27.4. The summed E-state index contributed by atoms with van der Waals surface area (Å²) in [6.45, 7) is 5.77. The van der Waals surface area contributed by atoms with E-state index in [1.54, 1.807) is 54.6 Å². The predicted molar refractivity (Wildman–Crippen MR) is 145 cm³/mol. The van der Waals surface area contributed by atoms with Gasteiger partial charge in [0.1, 0.15) is 22.1 Å². The zero-order valence-electron chi connectivity index (χ0n) is 21.4. The maximum Gasteiger partial charge on any atom is 0.298 e. The maximum absolute atomic E-state index is 12.9. The summed E-state index contributed by atoms with van der Waals surface area (Å²) in [5, 5.41) is 0. The third-order valence-corrected chi connectivity index (χ3v) is 9.10. The first-order valence-corrected chi connectivity index (χ1v) is 14.6. The quantitative estimate of drug-likeness (QED) is 0.259. The Morgan fingerprint density at radius 1 is 0.684 bits per heavy atom. The normalized spacial score (nSPS) is 12.2. The van der Waals surface area contributed by atoms with Gasteiger partial charge in [-0.15, -0.1) is 0 Å². The lowest BCUT2D eigenvalue weighted by atomic mass is 9.78. The van der Waals surface area contributed by atoms with Crippen molar-refractivity contribution in [3.63, 3.8) is 0 Å². The van der Waals surface area contributed by atoms with Crippen molar-refractivity contribution in [1.82, 2.24) is 0 Å². The molecular formula is C29H28O7S2. The smallest absolute Gasteiger partial charge is 0.298 e. The molecule has 0 aliphatic rings. The topological polar surface area (TPSA) is 107 Å². The monoisotopic (exact) mass is 552 g/mol. The van der Waals surface area contributed by atoms with Crippen molar-refractivity contribution >= 4 is 20.0 Å². The molecule has 0 spiro atoms. The largest absolute Gasteiger partial charge is 0.495 e. The molecule has 0 saturated carbocycles. The van der Waals surface area contributed by atoms with Crippen LogP contribution in [0.5, 0.6) is 17.2 Å². The summed E-state index contributed by atoms with van der Waals surface area (Å²) in [5.41, 5.74) is 1.94. The molecule has 0 aliphatic carbocycles. The van der Waals surface area contributed by atoms with Crippen molar-refractivity contribution in [1.29, 1.82) is 0 Å². The zero-order valence-corrected chi connectivity index (χ0v) is 23.0. The van der Waals surface area contributed by atoms with Crippen LogP contribution in [0.2, 0.25) is 0 Å². The van der Waals surface area contributed by atoms with Crippen LogP contribution in [0, 0.1) is 6.92 Å². The van der Waals surface area contributed by atoms with Crippen LogP contribution >= 0.6 is 0 Å². The summed E-state index contributed by atoms with van der Waals surface area (Å²) in [7, 11) is -6.75. The lowest BCUT2D eigenvalue weighted by Gasteiger charge is -2.27. The van der Waals surface area contributed by atoms with Crippen LogP contribution in [0.15, 0.2) is 106 Å². The van der Waals surface area contributed by atoms with Gasteiger partial charge >= 0.3 is 0 Å². The number of rotatable bonds is 8. The molecule has 7 nitrogen and oxygen atoms in total. The number of hydrogen-bond donors (Lipinski definition) is 1. The molecule has 0 fully saturated rings. The number of aryl methyl sites for hydroxylation is 1. The first-order valence-electron chi connectivity index (χ1n) is 11.7. The summed E-state index contributed by atoms with van der Waals surface area (Å²) in [5.74, 6) is 1.09. The van der Waals surface area contributed by atoms with E-state index in [4.69, 9.17) is 9.47 Å². The van der Waals surface area contributed by atoms with Crippen LogP contribution < -0.4 is 9.47 Å². The second kappa shape index (κ2) is 10.2. The van der Waals surface area contributed by atoms with Crippen molar-refractivity contribution in [2.75, 3.05) is 7.11 Å². The maximum atomic E-state index is 12.9. The third-order valence-electron chi connectivity index (χ3n) is 6.44. The zero-order chi connectivity index (χ0) is 27.7. The van der Waals surface area contributed by atoms with Gasteiger partial charge < -0.3 is 9.47 Å². The highest BCUT2D eigenvalue weighted by molar-refractivity contribution is 7.91. The van der Waals surface area contributed by atoms with Gasteiger partial charge in [0, 0.05) is 5.41 Å². The first-order chi connectivity index (χ1) is 17.8. The molecule has 4 rings (SSSR count). The van der Waals surface area contributed by atoms with Crippen LogP contribution in [-0.4, -0.2) is 28.5 Å². The summed E-state index contributed by atoms with van der Waals surface area (Å²) in [4.78, 5) is 0.114.